The van der Waals surface area contributed by atoms with Crippen LogP contribution in [0.3, 0.4) is 0 Å². The lowest BCUT2D eigenvalue weighted by atomic mass is 10.1. The third-order valence-electron chi connectivity index (χ3n) is 1.90. The van der Waals surface area contributed by atoms with Crippen molar-refractivity contribution in [1.29, 1.82) is 0 Å². The first-order valence-corrected chi connectivity index (χ1v) is 4.17. The molecule has 1 aromatic carbocycles. The minimum absolute atomic E-state index is 0.0218. The molecule has 0 aliphatic rings. The van der Waals surface area contributed by atoms with Gasteiger partial charge in [-0.05, 0) is 18.2 Å². The average Bonchev–Trinajstić information content (AvgIpc) is 2.19. The number of phenolic OH excluding ortho intramolecular Hbond substituents is 1. The Bertz CT molecular complexity index is 352. The molecule has 14 heavy (non-hydrogen) atoms. The number of terminal acetylenes is 1. The molecule has 1 rings (SSSR count). The molecule has 0 saturated heterocycles. The van der Waals surface area contributed by atoms with Crippen LogP contribution < -0.4 is 4.74 Å². The second-order valence-electron chi connectivity index (χ2n) is 2.85. The molecule has 0 aromatic heterocycles. The lowest BCUT2D eigenvalue weighted by Gasteiger charge is -2.11. The Balaban J connectivity index is 3.00. The molecule has 0 heterocycles. The summed E-state index contributed by atoms with van der Waals surface area (Å²) in [5, 5.41) is 19.0. The SMILES string of the molecule is C#CCC(O)c1cc(OC)ccc1O. The van der Waals surface area contributed by atoms with Crippen LogP contribution in [-0.2, 0) is 0 Å². The lowest BCUT2D eigenvalue weighted by Crippen LogP contribution is -1.97. The first kappa shape index (κ1) is 10.4. The Kier molecular flexibility index (Phi) is 3.38. The Labute approximate surface area is 83.0 Å². The predicted molar refractivity (Wildman–Crippen MR) is 53.1 cm³/mol. The summed E-state index contributed by atoms with van der Waals surface area (Å²) in [5.41, 5.74) is 0.391. The molecule has 0 saturated carbocycles. The number of hydrogen-bond donors (Lipinski definition) is 2. The van der Waals surface area contributed by atoms with Crippen molar-refractivity contribution in [2.24, 2.45) is 0 Å². The molecule has 0 spiro atoms. The Morgan fingerprint density at radius 1 is 1.57 bits per heavy atom. The van der Waals surface area contributed by atoms with Crippen molar-refractivity contribution in [3.05, 3.63) is 23.8 Å². The highest BCUT2D eigenvalue weighted by Crippen LogP contribution is 2.29. The minimum Gasteiger partial charge on any atom is -0.508 e. The van der Waals surface area contributed by atoms with Crippen LogP contribution in [-0.4, -0.2) is 17.3 Å². The van der Waals surface area contributed by atoms with Gasteiger partial charge in [0, 0.05) is 12.0 Å². The van der Waals surface area contributed by atoms with E-state index in [1.807, 2.05) is 0 Å². The zero-order chi connectivity index (χ0) is 10.6. The maximum absolute atomic E-state index is 9.56. The molecule has 0 fully saturated rings. The van der Waals surface area contributed by atoms with E-state index in [1.54, 1.807) is 12.1 Å². The lowest BCUT2D eigenvalue weighted by molar-refractivity contribution is 0.179. The fourth-order valence-corrected chi connectivity index (χ4v) is 1.15. The molecule has 1 atom stereocenters. The maximum atomic E-state index is 9.56. The van der Waals surface area contributed by atoms with Gasteiger partial charge in [0.05, 0.1) is 13.2 Å². The van der Waals surface area contributed by atoms with E-state index < -0.39 is 6.10 Å². The summed E-state index contributed by atoms with van der Waals surface area (Å²) in [6.07, 6.45) is 4.38. The molecular weight excluding hydrogens is 180 g/mol. The van der Waals surface area contributed by atoms with Crippen LogP contribution in [0, 0.1) is 12.3 Å². The number of aromatic hydroxyl groups is 1. The van der Waals surface area contributed by atoms with E-state index in [4.69, 9.17) is 11.2 Å². The van der Waals surface area contributed by atoms with Gasteiger partial charge in [-0.1, -0.05) is 0 Å². The van der Waals surface area contributed by atoms with Crippen molar-refractivity contribution < 1.29 is 14.9 Å². The van der Waals surface area contributed by atoms with Crippen LogP contribution in [0.15, 0.2) is 18.2 Å². The second kappa shape index (κ2) is 4.54. The van der Waals surface area contributed by atoms with Crippen LogP contribution in [0.25, 0.3) is 0 Å². The molecule has 74 valence electrons. The van der Waals surface area contributed by atoms with E-state index in [0.29, 0.717) is 11.3 Å². The van der Waals surface area contributed by atoms with Gasteiger partial charge in [0.25, 0.3) is 0 Å². The van der Waals surface area contributed by atoms with Gasteiger partial charge >= 0.3 is 0 Å². The molecule has 1 unspecified atom stereocenters. The largest absolute Gasteiger partial charge is 0.508 e. The Hall–Kier alpha value is -1.66. The van der Waals surface area contributed by atoms with E-state index in [1.165, 1.54) is 13.2 Å². The zero-order valence-corrected chi connectivity index (χ0v) is 7.90. The highest BCUT2D eigenvalue weighted by molar-refractivity contribution is 5.40. The van der Waals surface area contributed by atoms with E-state index >= 15 is 0 Å². The maximum Gasteiger partial charge on any atom is 0.121 e. The number of benzene rings is 1. The minimum atomic E-state index is -0.852. The standard InChI is InChI=1S/C11H12O3/c1-3-4-10(12)9-7-8(14-2)5-6-11(9)13/h1,5-7,10,12-13H,4H2,2H3. The van der Waals surface area contributed by atoms with Gasteiger partial charge in [0.2, 0.25) is 0 Å². The second-order valence-corrected chi connectivity index (χ2v) is 2.85. The molecule has 0 bridgehead atoms. The van der Waals surface area contributed by atoms with Crippen LogP contribution in [0.2, 0.25) is 0 Å². The van der Waals surface area contributed by atoms with Crippen molar-refractivity contribution in [1.82, 2.24) is 0 Å². The summed E-state index contributed by atoms with van der Waals surface area (Å²) in [6.45, 7) is 0. The van der Waals surface area contributed by atoms with E-state index in [-0.39, 0.29) is 12.2 Å². The van der Waals surface area contributed by atoms with E-state index in [9.17, 15) is 10.2 Å². The molecular formula is C11H12O3. The van der Waals surface area contributed by atoms with Crippen LogP contribution in [0.4, 0.5) is 0 Å². The van der Waals surface area contributed by atoms with E-state index in [0.717, 1.165) is 0 Å². The molecule has 0 aliphatic carbocycles. The number of rotatable bonds is 3. The molecule has 0 amide bonds. The van der Waals surface area contributed by atoms with Crippen molar-refractivity contribution >= 4 is 0 Å². The van der Waals surface area contributed by atoms with Crippen molar-refractivity contribution in [3.63, 3.8) is 0 Å². The van der Waals surface area contributed by atoms with Gasteiger partial charge in [0.1, 0.15) is 11.5 Å². The topological polar surface area (TPSA) is 49.7 Å². The summed E-state index contributed by atoms with van der Waals surface area (Å²) in [6, 6.07) is 4.65. The Morgan fingerprint density at radius 3 is 2.86 bits per heavy atom. The summed E-state index contributed by atoms with van der Waals surface area (Å²) < 4.78 is 4.96. The smallest absolute Gasteiger partial charge is 0.121 e. The van der Waals surface area contributed by atoms with Gasteiger partial charge in [-0.25, -0.2) is 0 Å². The third kappa shape index (κ3) is 2.18. The van der Waals surface area contributed by atoms with Gasteiger partial charge < -0.3 is 14.9 Å². The van der Waals surface area contributed by atoms with Gasteiger partial charge in [0.15, 0.2) is 0 Å². The third-order valence-corrected chi connectivity index (χ3v) is 1.90. The highest BCUT2D eigenvalue weighted by Gasteiger charge is 2.11. The number of phenols is 1. The summed E-state index contributed by atoms with van der Waals surface area (Å²) in [7, 11) is 1.52. The van der Waals surface area contributed by atoms with Gasteiger partial charge in [-0.15, -0.1) is 12.3 Å². The molecule has 3 nitrogen and oxygen atoms in total. The fourth-order valence-electron chi connectivity index (χ4n) is 1.15. The van der Waals surface area contributed by atoms with Crippen molar-refractivity contribution in [3.8, 4) is 23.8 Å². The predicted octanol–water partition coefficient (Wildman–Crippen LogP) is 1.46. The summed E-state index contributed by atoms with van der Waals surface area (Å²) in [5.74, 6) is 2.93. The fraction of sp³-hybridized carbons (Fsp3) is 0.273. The molecule has 2 N–H and O–H groups in total. The number of ether oxygens (including phenoxy) is 1. The molecule has 1 aromatic rings. The van der Waals surface area contributed by atoms with Crippen molar-refractivity contribution in [2.45, 2.75) is 12.5 Å². The summed E-state index contributed by atoms with van der Waals surface area (Å²) in [4.78, 5) is 0. The first-order chi connectivity index (χ1) is 6.69. The number of hydrogen-bond acceptors (Lipinski definition) is 3. The highest BCUT2D eigenvalue weighted by atomic mass is 16.5. The quantitative estimate of drug-likeness (QED) is 0.713. The normalized spacial score (nSPS) is 11.8. The average molecular weight is 192 g/mol. The Morgan fingerprint density at radius 2 is 2.29 bits per heavy atom. The molecule has 0 aliphatic heterocycles. The van der Waals surface area contributed by atoms with Gasteiger partial charge in [-0.2, -0.15) is 0 Å². The van der Waals surface area contributed by atoms with E-state index in [2.05, 4.69) is 5.92 Å². The zero-order valence-electron chi connectivity index (χ0n) is 7.90. The monoisotopic (exact) mass is 192 g/mol. The summed E-state index contributed by atoms with van der Waals surface area (Å²) >= 11 is 0. The number of methoxy groups -OCH3 is 1. The van der Waals surface area contributed by atoms with Crippen LogP contribution in [0.1, 0.15) is 18.1 Å². The molecule has 0 radical (unpaired) electrons. The van der Waals surface area contributed by atoms with Crippen molar-refractivity contribution in [2.75, 3.05) is 7.11 Å². The number of aliphatic hydroxyl groups excluding tert-OH is 1. The van der Waals surface area contributed by atoms with Crippen LogP contribution >= 0.6 is 0 Å². The van der Waals surface area contributed by atoms with Crippen LogP contribution in [0.5, 0.6) is 11.5 Å². The number of aliphatic hydroxyl groups is 1. The molecule has 3 heteroatoms. The van der Waals surface area contributed by atoms with Gasteiger partial charge in [-0.3, -0.25) is 0 Å². The first-order valence-electron chi connectivity index (χ1n) is 4.17.